The van der Waals surface area contributed by atoms with E-state index in [9.17, 15) is 23.2 Å². The fraction of sp³-hybridized carbons (Fsp3) is 0.348. The number of piperazine rings is 1. The number of fused-ring (bicyclic) bond motifs is 1. The average molecular weight is 454 g/mol. The van der Waals surface area contributed by atoms with Gasteiger partial charge in [0.1, 0.15) is 12.4 Å². The molecule has 0 spiro atoms. The number of anilines is 1. The van der Waals surface area contributed by atoms with E-state index < -0.39 is 11.7 Å². The van der Waals surface area contributed by atoms with Crippen molar-refractivity contribution in [1.82, 2.24) is 19.4 Å². The van der Waals surface area contributed by atoms with Crippen LogP contribution in [0.1, 0.15) is 16.8 Å². The molecule has 3 heterocycles. The van der Waals surface area contributed by atoms with E-state index in [1.54, 1.807) is 12.1 Å². The molecule has 0 bridgehead atoms. The summed E-state index contributed by atoms with van der Waals surface area (Å²) in [6, 6.07) is 6.92. The van der Waals surface area contributed by atoms with E-state index in [2.05, 4.69) is 15.8 Å². The fourth-order valence-electron chi connectivity index (χ4n) is 4.06. The number of alkyl halides is 3. The van der Waals surface area contributed by atoms with Gasteiger partial charge >= 0.3 is 6.18 Å². The lowest BCUT2D eigenvalue weighted by Gasteiger charge is -2.35. The SMILES string of the molecule is C#CCN1CCN(CC(=O)N2CC=C(c3cccc(C(F)(F)F)c3)n3cnc(C#N)c32)CC1. The van der Waals surface area contributed by atoms with Gasteiger partial charge in [-0.2, -0.15) is 18.4 Å². The first kappa shape index (κ1) is 22.6. The minimum atomic E-state index is -4.48. The van der Waals surface area contributed by atoms with E-state index >= 15 is 0 Å². The number of amides is 1. The van der Waals surface area contributed by atoms with Crippen LogP contribution in [-0.2, 0) is 11.0 Å². The number of nitrogens with zero attached hydrogens (tertiary/aromatic N) is 6. The van der Waals surface area contributed by atoms with Crippen molar-refractivity contribution in [2.75, 3.05) is 50.7 Å². The number of hydrogen-bond acceptors (Lipinski definition) is 5. The van der Waals surface area contributed by atoms with Crippen LogP contribution in [0, 0.1) is 23.7 Å². The van der Waals surface area contributed by atoms with Crippen LogP contribution in [0.3, 0.4) is 0 Å². The molecule has 0 unspecified atom stereocenters. The van der Waals surface area contributed by atoms with Crippen LogP contribution >= 0.6 is 0 Å². The monoisotopic (exact) mass is 454 g/mol. The van der Waals surface area contributed by atoms with E-state index in [1.165, 1.54) is 21.9 Å². The van der Waals surface area contributed by atoms with Crippen LogP contribution in [0.4, 0.5) is 19.0 Å². The molecule has 0 saturated carbocycles. The Morgan fingerprint density at radius 3 is 2.58 bits per heavy atom. The summed E-state index contributed by atoms with van der Waals surface area (Å²) < 4.78 is 41.1. The van der Waals surface area contributed by atoms with Gasteiger partial charge in [0.25, 0.3) is 0 Å². The van der Waals surface area contributed by atoms with Gasteiger partial charge in [-0.05, 0) is 23.8 Å². The smallest absolute Gasteiger partial charge is 0.292 e. The van der Waals surface area contributed by atoms with Gasteiger partial charge in [-0.1, -0.05) is 18.1 Å². The van der Waals surface area contributed by atoms with Crippen LogP contribution in [0.25, 0.3) is 5.70 Å². The molecule has 2 aliphatic heterocycles. The quantitative estimate of drug-likeness (QED) is 0.663. The summed E-state index contributed by atoms with van der Waals surface area (Å²) in [5.74, 6) is 2.67. The normalized spacial score (nSPS) is 17.1. The van der Waals surface area contributed by atoms with Crippen LogP contribution in [0.15, 0.2) is 36.7 Å². The fourth-order valence-corrected chi connectivity index (χ4v) is 4.06. The van der Waals surface area contributed by atoms with Crippen molar-refractivity contribution in [2.45, 2.75) is 6.18 Å². The van der Waals surface area contributed by atoms with Crippen molar-refractivity contribution < 1.29 is 18.0 Å². The number of carbonyl (C=O) groups excluding carboxylic acids is 1. The number of imidazole rings is 1. The highest BCUT2D eigenvalue weighted by Gasteiger charge is 2.33. The van der Waals surface area contributed by atoms with Crippen LogP contribution in [0.5, 0.6) is 0 Å². The molecule has 2 aliphatic rings. The van der Waals surface area contributed by atoms with Gasteiger partial charge in [-0.3, -0.25) is 24.1 Å². The lowest BCUT2D eigenvalue weighted by Crippen LogP contribution is -2.50. The highest BCUT2D eigenvalue weighted by Crippen LogP contribution is 2.35. The Balaban J connectivity index is 1.57. The Labute approximate surface area is 189 Å². The summed E-state index contributed by atoms with van der Waals surface area (Å²) in [5.41, 5.74) is 0.0343. The van der Waals surface area contributed by atoms with E-state index in [0.29, 0.717) is 30.9 Å². The molecule has 0 N–H and O–H groups in total. The molecule has 170 valence electrons. The first-order valence-electron chi connectivity index (χ1n) is 10.4. The molecule has 10 heteroatoms. The molecule has 0 aliphatic carbocycles. The third-order valence-corrected chi connectivity index (χ3v) is 5.76. The molecule has 0 atom stereocenters. The number of benzene rings is 1. The summed E-state index contributed by atoms with van der Waals surface area (Å²) in [6.45, 7) is 3.76. The molecule has 1 aromatic heterocycles. The highest BCUT2D eigenvalue weighted by atomic mass is 19.4. The molecule has 4 rings (SSSR count). The first-order chi connectivity index (χ1) is 15.8. The number of rotatable bonds is 4. The Morgan fingerprint density at radius 2 is 1.91 bits per heavy atom. The van der Waals surface area contributed by atoms with Gasteiger partial charge in [0.2, 0.25) is 5.91 Å². The van der Waals surface area contributed by atoms with Gasteiger partial charge in [0, 0.05) is 32.7 Å². The molecule has 2 aromatic rings. The lowest BCUT2D eigenvalue weighted by atomic mass is 10.1. The average Bonchev–Trinajstić information content (AvgIpc) is 3.24. The van der Waals surface area contributed by atoms with Crippen LogP contribution < -0.4 is 4.90 Å². The van der Waals surface area contributed by atoms with Gasteiger partial charge in [-0.25, -0.2) is 4.98 Å². The molecule has 1 fully saturated rings. The number of hydrogen-bond donors (Lipinski definition) is 0. The standard InChI is InChI=1S/C23H21F3N6O/c1-2-7-29-9-11-30(12-10-29)15-21(33)31-8-6-20(32-16-28-19(14-27)22(31)32)17-4-3-5-18(13-17)23(24,25)26/h1,3-6,13,16H,7-12,15H2. The minimum Gasteiger partial charge on any atom is -0.292 e. The van der Waals surface area contributed by atoms with Gasteiger partial charge < -0.3 is 0 Å². The number of halogens is 3. The molecule has 0 radical (unpaired) electrons. The maximum absolute atomic E-state index is 13.2. The summed E-state index contributed by atoms with van der Waals surface area (Å²) >= 11 is 0. The Kier molecular flexibility index (Phi) is 6.23. The largest absolute Gasteiger partial charge is 0.416 e. The molecule has 33 heavy (non-hydrogen) atoms. The maximum Gasteiger partial charge on any atom is 0.416 e. The Hall–Kier alpha value is -3.60. The van der Waals surface area contributed by atoms with Crippen LogP contribution in [-0.4, -0.2) is 71.1 Å². The highest BCUT2D eigenvalue weighted by molar-refractivity contribution is 5.97. The van der Waals surface area contributed by atoms with Gasteiger partial charge in [0.05, 0.1) is 24.4 Å². The van der Waals surface area contributed by atoms with E-state index in [0.717, 1.165) is 25.2 Å². The number of aromatic nitrogens is 2. The van der Waals surface area contributed by atoms with E-state index in [-0.39, 0.29) is 30.5 Å². The second-order valence-electron chi connectivity index (χ2n) is 7.83. The summed E-state index contributed by atoms with van der Waals surface area (Å²) in [5, 5.41) is 9.53. The van der Waals surface area contributed by atoms with Crippen molar-refractivity contribution in [3.63, 3.8) is 0 Å². The number of nitriles is 1. The van der Waals surface area contributed by atoms with E-state index in [1.807, 2.05) is 11.0 Å². The summed E-state index contributed by atoms with van der Waals surface area (Å²) in [6.07, 6.45) is 3.91. The topological polar surface area (TPSA) is 68.4 Å². The second-order valence-corrected chi connectivity index (χ2v) is 7.83. The molecular formula is C23H21F3N6O. The van der Waals surface area contributed by atoms with Crippen molar-refractivity contribution in [3.8, 4) is 18.4 Å². The third-order valence-electron chi connectivity index (χ3n) is 5.76. The number of carbonyl (C=O) groups is 1. The Bertz CT molecular complexity index is 1160. The van der Waals surface area contributed by atoms with Gasteiger partial charge in [0.15, 0.2) is 11.5 Å². The zero-order valence-electron chi connectivity index (χ0n) is 17.7. The van der Waals surface area contributed by atoms with Crippen molar-refractivity contribution >= 4 is 17.4 Å². The summed E-state index contributed by atoms with van der Waals surface area (Å²) in [4.78, 5) is 22.8. The predicted molar refractivity (Wildman–Crippen MR) is 116 cm³/mol. The van der Waals surface area contributed by atoms with E-state index in [4.69, 9.17) is 6.42 Å². The number of terminal acetylenes is 1. The molecule has 1 aromatic carbocycles. The first-order valence-corrected chi connectivity index (χ1v) is 10.4. The van der Waals surface area contributed by atoms with Gasteiger partial charge in [-0.15, -0.1) is 6.42 Å². The molecule has 1 saturated heterocycles. The lowest BCUT2D eigenvalue weighted by molar-refractivity contribution is -0.137. The predicted octanol–water partition coefficient (Wildman–Crippen LogP) is 2.26. The second kappa shape index (κ2) is 9.10. The maximum atomic E-state index is 13.2. The zero-order chi connectivity index (χ0) is 23.6. The minimum absolute atomic E-state index is 0.0414. The Morgan fingerprint density at radius 1 is 1.18 bits per heavy atom. The van der Waals surface area contributed by atoms with Crippen molar-refractivity contribution in [1.29, 1.82) is 5.26 Å². The molecule has 1 amide bonds. The summed E-state index contributed by atoms with van der Waals surface area (Å²) in [7, 11) is 0. The molecule has 7 nitrogen and oxygen atoms in total. The van der Waals surface area contributed by atoms with Crippen molar-refractivity contribution in [2.24, 2.45) is 0 Å². The third kappa shape index (κ3) is 4.63. The van der Waals surface area contributed by atoms with Crippen molar-refractivity contribution in [3.05, 3.63) is 53.5 Å². The van der Waals surface area contributed by atoms with Crippen LogP contribution in [0.2, 0.25) is 0 Å². The zero-order valence-corrected chi connectivity index (χ0v) is 17.7. The molecular weight excluding hydrogens is 433 g/mol.